The zero-order chi connectivity index (χ0) is 18.1. The van der Waals surface area contributed by atoms with Crippen molar-refractivity contribution in [1.82, 2.24) is 9.97 Å². The molecule has 4 nitrogen and oxygen atoms in total. The van der Waals surface area contributed by atoms with Gasteiger partial charge in [-0.1, -0.05) is 11.6 Å². The Labute approximate surface area is 166 Å². The van der Waals surface area contributed by atoms with E-state index < -0.39 is 0 Å². The first-order valence-corrected chi connectivity index (χ1v) is 10.8. The normalized spacial score (nSPS) is 13.3. The summed E-state index contributed by atoms with van der Waals surface area (Å²) in [6, 6.07) is 7.84. The Morgan fingerprint density at radius 1 is 1.23 bits per heavy atom. The molecule has 3 aromatic rings. The second-order valence-electron chi connectivity index (χ2n) is 6.39. The molecular weight excluding hydrogens is 386 g/mol. The van der Waals surface area contributed by atoms with Gasteiger partial charge in [0.1, 0.15) is 16.5 Å². The van der Waals surface area contributed by atoms with E-state index in [1.165, 1.54) is 22.2 Å². The third kappa shape index (κ3) is 3.56. The van der Waals surface area contributed by atoms with Crippen LogP contribution in [0, 0.1) is 0 Å². The number of hydrogen-bond acceptors (Lipinski definition) is 6. The first-order chi connectivity index (χ1) is 12.7. The van der Waals surface area contributed by atoms with Gasteiger partial charge in [-0.05, 0) is 49.1 Å². The van der Waals surface area contributed by atoms with Crippen LogP contribution in [0.5, 0.6) is 0 Å². The van der Waals surface area contributed by atoms with Crippen molar-refractivity contribution >= 4 is 50.7 Å². The average Bonchev–Trinajstić information content (AvgIpc) is 3.21. The van der Waals surface area contributed by atoms with Crippen molar-refractivity contribution in [2.45, 2.75) is 29.9 Å². The molecule has 0 bridgehead atoms. The maximum Gasteiger partial charge on any atom is 0.142 e. The maximum absolute atomic E-state index is 9.36. The molecule has 0 saturated carbocycles. The van der Waals surface area contributed by atoms with Crippen molar-refractivity contribution in [1.29, 1.82) is 0 Å². The van der Waals surface area contributed by atoms with Gasteiger partial charge in [-0.2, -0.15) is 0 Å². The van der Waals surface area contributed by atoms with Crippen LogP contribution in [-0.2, 0) is 18.6 Å². The van der Waals surface area contributed by atoms with Crippen molar-refractivity contribution in [3.05, 3.63) is 45.6 Å². The number of anilines is 1. The van der Waals surface area contributed by atoms with Crippen LogP contribution in [0.4, 0.5) is 5.82 Å². The highest BCUT2D eigenvalue weighted by Gasteiger charge is 2.23. The number of rotatable bonds is 6. The Bertz CT molecular complexity index is 927. The van der Waals surface area contributed by atoms with Crippen molar-refractivity contribution in [3.8, 4) is 0 Å². The molecule has 1 aliphatic rings. The molecule has 1 aromatic carbocycles. The van der Waals surface area contributed by atoms with Gasteiger partial charge in [-0.15, -0.1) is 23.1 Å². The number of aliphatic hydroxyl groups excluding tert-OH is 1. The lowest BCUT2D eigenvalue weighted by molar-refractivity contribution is 0.304. The van der Waals surface area contributed by atoms with Gasteiger partial charge >= 0.3 is 0 Å². The monoisotopic (exact) mass is 405 g/mol. The summed E-state index contributed by atoms with van der Waals surface area (Å²) in [6.45, 7) is 0.684. The number of aliphatic hydroxyl groups is 1. The minimum absolute atomic E-state index is 0.114. The molecule has 0 radical (unpaired) electrons. The van der Waals surface area contributed by atoms with E-state index in [4.69, 9.17) is 21.6 Å². The SMILES string of the molecule is CN(CCO)c1nc(CSc2ccc(Cl)cc2)nc2sc3c(c12)CCC3. The average molecular weight is 406 g/mol. The summed E-state index contributed by atoms with van der Waals surface area (Å²) in [5.74, 6) is 2.49. The molecule has 0 spiro atoms. The van der Waals surface area contributed by atoms with Crippen LogP contribution in [0.3, 0.4) is 0 Å². The van der Waals surface area contributed by atoms with E-state index in [0.717, 1.165) is 39.2 Å². The summed E-state index contributed by atoms with van der Waals surface area (Å²) in [4.78, 5) is 15.4. The molecule has 136 valence electrons. The highest BCUT2D eigenvalue weighted by atomic mass is 35.5. The first-order valence-electron chi connectivity index (χ1n) is 8.67. The summed E-state index contributed by atoms with van der Waals surface area (Å²) in [5, 5.41) is 11.3. The molecule has 0 amide bonds. The molecular formula is C19H20ClN3OS2. The molecule has 1 aliphatic carbocycles. The molecule has 0 aliphatic heterocycles. The van der Waals surface area contributed by atoms with E-state index in [0.29, 0.717) is 12.3 Å². The molecule has 7 heteroatoms. The number of aromatic nitrogens is 2. The van der Waals surface area contributed by atoms with Gasteiger partial charge in [0.25, 0.3) is 0 Å². The van der Waals surface area contributed by atoms with Crippen molar-refractivity contribution in [3.63, 3.8) is 0 Å². The third-order valence-corrected chi connectivity index (χ3v) is 7.02. The number of thioether (sulfide) groups is 1. The molecule has 0 atom stereocenters. The van der Waals surface area contributed by atoms with E-state index in [1.54, 1.807) is 23.1 Å². The zero-order valence-corrected chi connectivity index (χ0v) is 16.9. The Hall–Kier alpha value is -1.34. The molecule has 0 saturated heterocycles. The number of hydrogen-bond donors (Lipinski definition) is 1. The van der Waals surface area contributed by atoms with Crippen molar-refractivity contribution < 1.29 is 5.11 Å². The highest BCUT2D eigenvalue weighted by Crippen LogP contribution is 2.40. The molecule has 26 heavy (non-hydrogen) atoms. The minimum Gasteiger partial charge on any atom is -0.395 e. The molecule has 4 rings (SSSR count). The Morgan fingerprint density at radius 2 is 2.04 bits per heavy atom. The Kier molecular flexibility index (Phi) is 5.36. The minimum atomic E-state index is 0.114. The lowest BCUT2D eigenvalue weighted by Crippen LogP contribution is -2.23. The van der Waals surface area contributed by atoms with Crippen LogP contribution in [0.2, 0.25) is 5.02 Å². The number of benzene rings is 1. The maximum atomic E-state index is 9.36. The Morgan fingerprint density at radius 3 is 2.81 bits per heavy atom. The quantitative estimate of drug-likeness (QED) is 0.609. The predicted octanol–water partition coefficient (Wildman–Crippen LogP) is 4.55. The summed E-state index contributed by atoms with van der Waals surface area (Å²) in [7, 11) is 1.99. The third-order valence-electron chi connectivity index (χ3n) is 4.57. The van der Waals surface area contributed by atoms with Crippen LogP contribution < -0.4 is 4.90 Å². The zero-order valence-electron chi connectivity index (χ0n) is 14.5. The van der Waals surface area contributed by atoms with Gasteiger partial charge in [-0.3, -0.25) is 0 Å². The fraction of sp³-hybridized carbons (Fsp3) is 0.368. The molecule has 1 N–H and O–H groups in total. The second kappa shape index (κ2) is 7.72. The second-order valence-corrected chi connectivity index (χ2v) is 8.96. The van der Waals surface area contributed by atoms with E-state index in [9.17, 15) is 5.11 Å². The predicted molar refractivity (Wildman–Crippen MR) is 111 cm³/mol. The van der Waals surface area contributed by atoms with Gasteiger partial charge in [-0.25, -0.2) is 9.97 Å². The van der Waals surface area contributed by atoms with E-state index in [-0.39, 0.29) is 6.61 Å². The van der Waals surface area contributed by atoms with Crippen LogP contribution >= 0.6 is 34.7 Å². The van der Waals surface area contributed by atoms with Gasteiger partial charge in [0, 0.05) is 28.4 Å². The van der Waals surface area contributed by atoms with Crippen LogP contribution in [-0.4, -0.2) is 35.3 Å². The first kappa shape index (κ1) is 18.0. The summed E-state index contributed by atoms with van der Waals surface area (Å²) in [5.41, 5.74) is 1.42. The van der Waals surface area contributed by atoms with Crippen LogP contribution in [0.15, 0.2) is 29.2 Å². The van der Waals surface area contributed by atoms with Gasteiger partial charge in [0.15, 0.2) is 0 Å². The fourth-order valence-electron chi connectivity index (χ4n) is 3.29. The highest BCUT2D eigenvalue weighted by molar-refractivity contribution is 7.98. The number of fused-ring (bicyclic) bond motifs is 3. The number of aryl methyl sites for hydroxylation is 2. The Balaban J connectivity index is 1.68. The molecule has 0 unspecified atom stereocenters. The number of nitrogens with zero attached hydrogens (tertiary/aromatic N) is 3. The standard InChI is InChI=1S/C19H20ClN3OS2/c1-23(9-10-24)18-17-14-3-2-4-15(14)26-19(17)22-16(21-18)11-25-13-7-5-12(20)6-8-13/h5-8,24H,2-4,9-11H2,1H3. The van der Waals surface area contributed by atoms with Gasteiger partial charge in [0.05, 0.1) is 17.7 Å². The lowest BCUT2D eigenvalue weighted by atomic mass is 10.2. The summed E-state index contributed by atoms with van der Waals surface area (Å²) < 4.78 is 0. The van der Waals surface area contributed by atoms with E-state index >= 15 is 0 Å². The number of thiophene rings is 1. The lowest BCUT2D eigenvalue weighted by Gasteiger charge is -2.19. The number of likely N-dealkylation sites (N-methyl/N-ethyl adjacent to an activating group) is 1. The van der Waals surface area contributed by atoms with Crippen molar-refractivity contribution in [2.24, 2.45) is 0 Å². The smallest absolute Gasteiger partial charge is 0.142 e. The summed E-state index contributed by atoms with van der Waals surface area (Å²) in [6.07, 6.45) is 3.47. The molecule has 2 heterocycles. The number of halogens is 1. The van der Waals surface area contributed by atoms with Crippen molar-refractivity contribution in [2.75, 3.05) is 25.1 Å². The summed E-state index contributed by atoms with van der Waals surface area (Å²) >= 11 is 9.47. The van der Waals surface area contributed by atoms with E-state index in [1.807, 2.05) is 36.2 Å². The fourth-order valence-corrected chi connectivity index (χ4v) is 5.45. The van der Waals surface area contributed by atoms with Gasteiger partial charge < -0.3 is 10.0 Å². The van der Waals surface area contributed by atoms with E-state index in [2.05, 4.69) is 0 Å². The van der Waals surface area contributed by atoms with Crippen LogP contribution in [0.1, 0.15) is 22.7 Å². The molecule has 2 aromatic heterocycles. The molecule has 0 fully saturated rings. The van der Waals surface area contributed by atoms with Gasteiger partial charge in [0.2, 0.25) is 0 Å². The topological polar surface area (TPSA) is 49.2 Å². The van der Waals surface area contributed by atoms with Crippen LogP contribution in [0.25, 0.3) is 10.2 Å². The largest absolute Gasteiger partial charge is 0.395 e.